The van der Waals surface area contributed by atoms with Crippen molar-refractivity contribution in [2.45, 2.75) is 0 Å². The molecule has 0 aliphatic carbocycles. The highest BCUT2D eigenvalue weighted by Gasteiger charge is 2.12. The molecule has 0 unspecified atom stereocenters. The zero-order valence-corrected chi connectivity index (χ0v) is 10.9. The van der Waals surface area contributed by atoms with Crippen LogP contribution in [-0.2, 0) is 0 Å². The first-order chi connectivity index (χ1) is 8.34. The van der Waals surface area contributed by atoms with E-state index in [1.807, 2.05) is 0 Å². The van der Waals surface area contributed by atoms with Crippen LogP contribution in [0.2, 0.25) is 0 Å². The summed E-state index contributed by atoms with van der Waals surface area (Å²) in [5.74, 6) is 6.62. The van der Waals surface area contributed by atoms with Crippen molar-refractivity contribution in [3.8, 4) is 11.8 Å². The Morgan fingerprint density at radius 3 is 1.94 bits per heavy atom. The second-order valence-electron chi connectivity index (χ2n) is 4.96. The van der Waals surface area contributed by atoms with E-state index in [0.717, 1.165) is 39.3 Å². The Bertz CT molecular complexity index is 267. The highest BCUT2D eigenvalue weighted by Crippen LogP contribution is 1.97. The largest absolute Gasteiger partial charge is 0.314 e. The maximum absolute atomic E-state index is 3.36. The van der Waals surface area contributed by atoms with Gasteiger partial charge in [0, 0.05) is 52.4 Å². The second kappa shape index (κ2) is 6.97. The van der Waals surface area contributed by atoms with Gasteiger partial charge < -0.3 is 10.2 Å². The van der Waals surface area contributed by atoms with E-state index in [4.69, 9.17) is 0 Å². The van der Waals surface area contributed by atoms with Gasteiger partial charge in [0.25, 0.3) is 0 Å². The van der Waals surface area contributed by atoms with Crippen LogP contribution in [0.25, 0.3) is 0 Å². The van der Waals surface area contributed by atoms with E-state index < -0.39 is 0 Å². The summed E-state index contributed by atoms with van der Waals surface area (Å²) in [6, 6.07) is 0. The van der Waals surface area contributed by atoms with Crippen molar-refractivity contribution in [1.29, 1.82) is 0 Å². The van der Waals surface area contributed by atoms with Crippen LogP contribution in [0, 0.1) is 11.8 Å². The molecule has 17 heavy (non-hydrogen) atoms. The molecule has 0 aromatic heterocycles. The highest BCUT2D eigenvalue weighted by atomic mass is 15.2. The van der Waals surface area contributed by atoms with Crippen LogP contribution in [0.3, 0.4) is 0 Å². The van der Waals surface area contributed by atoms with Crippen molar-refractivity contribution in [3.05, 3.63) is 0 Å². The summed E-state index contributed by atoms with van der Waals surface area (Å²) in [6.45, 7) is 11.1. The summed E-state index contributed by atoms with van der Waals surface area (Å²) in [5, 5.41) is 3.36. The third-order valence-corrected chi connectivity index (χ3v) is 3.54. The number of nitrogens with zero attached hydrogens (tertiary/aromatic N) is 3. The van der Waals surface area contributed by atoms with Crippen LogP contribution in [0.1, 0.15) is 0 Å². The molecule has 1 N–H and O–H groups in total. The molecule has 4 nitrogen and oxygen atoms in total. The third kappa shape index (κ3) is 4.64. The van der Waals surface area contributed by atoms with Gasteiger partial charge in [0.2, 0.25) is 0 Å². The molecule has 0 spiro atoms. The number of likely N-dealkylation sites (N-methyl/N-ethyl adjacent to an activating group) is 1. The topological polar surface area (TPSA) is 21.8 Å². The van der Waals surface area contributed by atoms with E-state index in [9.17, 15) is 0 Å². The average Bonchev–Trinajstić information content (AvgIpc) is 2.38. The fourth-order valence-corrected chi connectivity index (χ4v) is 2.21. The number of piperazine rings is 2. The van der Waals surface area contributed by atoms with E-state index in [1.54, 1.807) is 0 Å². The average molecular weight is 236 g/mol. The van der Waals surface area contributed by atoms with Crippen LogP contribution in [0.5, 0.6) is 0 Å². The molecule has 0 atom stereocenters. The van der Waals surface area contributed by atoms with Crippen LogP contribution in [0.4, 0.5) is 0 Å². The summed E-state index contributed by atoms with van der Waals surface area (Å²) in [5.41, 5.74) is 0. The van der Waals surface area contributed by atoms with Gasteiger partial charge in [-0.3, -0.25) is 9.80 Å². The molecule has 2 aliphatic rings. The van der Waals surface area contributed by atoms with Crippen LogP contribution in [-0.4, -0.2) is 87.2 Å². The van der Waals surface area contributed by atoms with Gasteiger partial charge in [-0.05, 0) is 7.05 Å². The Kier molecular flexibility index (Phi) is 5.27. The lowest BCUT2D eigenvalue weighted by Crippen LogP contribution is -2.44. The van der Waals surface area contributed by atoms with E-state index in [-0.39, 0.29) is 0 Å². The first-order valence-corrected chi connectivity index (χ1v) is 6.64. The number of hydrogen-bond acceptors (Lipinski definition) is 4. The minimum atomic E-state index is 0.940. The molecule has 2 rings (SSSR count). The number of hydrogen-bond donors (Lipinski definition) is 1. The molecule has 2 fully saturated rings. The van der Waals surface area contributed by atoms with Crippen LogP contribution in [0.15, 0.2) is 0 Å². The fraction of sp³-hybridized carbons (Fsp3) is 0.846. The first kappa shape index (κ1) is 12.8. The van der Waals surface area contributed by atoms with Crippen molar-refractivity contribution in [3.63, 3.8) is 0 Å². The lowest BCUT2D eigenvalue weighted by atomic mass is 10.3. The molecule has 4 heteroatoms. The van der Waals surface area contributed by atoms with Crippen molar-refractivity contribution < 1.29 is 0 Å². The summed E-state index contributed by atoms with van der Waals surface area (Å²) < 4.78 is 0. The minimum Gasteiger partial charge on any atom is -0.314 e. The van der Waals surface area contributed by atoms with Gasteiger partial charge in [-0.2, -0.15) is 0 Å². The predicted molar refractivity (Wildman–Crippen MR) is 71.0 cm³/mol. The quantitative estimate of drug-likeness (QED) is 0.630. The van der Waals surface area contributed by atoms with Crippen molar-refractivity contribution in [2.75, 3.05) is 72.5 Å². The molecule has 0 bridgehead atoms. The summed E-state index contributed by atoms with van der Waals surface area (Å²) in [7, 11) is 2.19. The van der Waals surface area contributed by atoms with E-state index in [0.29, 0.717) is 0 Å². The monoisotopic (exact) mass is 236 g/mol. The molecule has 0 aromatic carbocycles. The Balaban J connectivity index is 1.61. The van der Waals surface area contributed by atoms with Gasteiger partial charge in [0.1, 0.15) is 0 Å². The fourth-order valence-electron chi connectivity index (χ4n) is 2.21. The first-order valence-electron chi connectivity index (χ1n) is 6.64. The number of rotatable bonds is 2. The lowest BCUT2D eigenvalue weighted by Gasteiger charge is -2.30. The van der Waals surface area contributed by atoms with Gasteiger partial charge in [-0.25, -0.2) is 0 Å². The molecule has 0 saturated carbocycles. The third-order valence-electron chi connectivity index (χ3n) is 3.54. The SMILES string of the molecule is CN1CCN(CC#CCN2CCNCC2)CC1. The standard InChI is InChI=1S/C13H24N4/c1-15-10-12-17(13-11-15)7-3-2-6-16-8-4-14-5-9-16/h14H,4-13H2,1H3. The molecule has 2 heterocycles. The van der Waals surface area contributed by atoms with Crippen molar-refractivity contribution >= 4 is 0 Å². The molecule has 2 saturated heterocycles. The lowest BCUT2D eigenvalue weighted by molar-refractivity contribution is 0.168. The second-order valence-corrected chi connectivity index (χ2v) is 4.96. The van der Waals surface area contributed by atoms with Gasteiger partial charge in [0.15, 0.2) is 0 Å². The van der Waals surface area contributed by atoms with Gasteiger partial charge in [-0.15, -0.1) is 0 Å². The zero-order chi connectivity index (χ0) is 11.9. The molecule has 2 aliphatic heterocycles. The molecule has 0 aromatic rings. The van der Waals surface area contributed by atoms with Gasteiger partial charge >= 0.3 is 0 Å². The van der Waals surface area contributed by atoms with E-state index in [1.165, 1.54) is 26.2 Å². The Labute approximate surface area is 105 Å². The van der Waals surface area contributed by atoms with E-state index in [2.05, 4.69) is 38.9 Å². The van der Waals surface area contributed by atoms with Crippen molar-refractivity contribution in [2.24, 2.45) is 0 Å². The zero-order valence-electron chi connectivity index (χ0n) is 10.9. The maximum atomic E-state index is 3.36. The minimum absolute atomic E-state index is 0.940. The summed E-state index contributed by atoms with van der Waals surface area (Å²) in [4.78, 5) is 7.25. The summed E-state index contributed by atoms with van der Waals surface area (Å²) in [6.07, 6.45) is 0. The Morgan fingerprint density at radius 1 is 0.824 bits per heavy atom. The normalized spacial score (nSPS) is 24.3. The van der Waals surface area contributed by atoms with Gasteiger partial charge in [0.05, 0.1) is 13.1 Å². The van der Waals surface area contributed by atoms with Gasteiger partial charge in [-0.1, -0.05) is 11.8 Å². The molecular weight excluding hydrogens is 212 g/mol. The molecular formula is C13H24N4. The Hall–Kier alpha value is -0.600. The molecule has 0 radical (unpaired) electrons. The van der Waals surface area contributed by atoms with E-state index >= 15 is 0 Å². The highest BCUT2D eigenvalue weighted by molar-refractivity contribution is 5.04. The summed E-state index contributed by atoms with van der Waals surface area (Å²) >= 11 is 0. The number of nitrogens with one attached hydrogen (secondary N) is 1. The smallest absolute Gasteiger partial charge is 0.0602 e. The maximum Gasteiger partial charge on any atom is 0.0602 e. The van der Waals surface area contributed by atoms with Crippen molar-refractivity contribution in [1.82, 2.24) is 20.0 Å². The van der Waals surface area contributed by atoms with Crippen LogP contribution >= 0.6 is 0 Å². The Morgan fingerprint density at radius 2 is 1.35 bits per heavy atom. The predicted octanol–water partition coefficient (Wildman–Crippen LogP) is -0.858. The molecule has 96 valence electrons. The molecule has 0 amide bonds. The van der Waals surface area contributed by atoms with Crippen LogP contribution < -0.4 is 5.32 Å².